The molecule has 110 valence electrons. The number of anilines is 1. The number of benzene rings is 1. The van der Waals surface area contributed by atoms with Gasteiger partial charge in [0.15, 0.2) is 0 Å². The minimum Gasteiger partial charge on any atom is -0.395 e. The van der Waals surface area contributed by atoms with Crippen LogP contribution in [-0.2, 0) is 0 Å². The second kappa shape index (κ2) is 6.72. The number of aliphatic hydroxyl groups is 1. The van der Waals surface area contributed by atoms with E-state index in [2.05, 4.69) is 10.2 Å². The Hall–Kier alpha value is -1.59. The summed E-state index contributed by atoms with van der Waals surface area (Å²) < 4.78 is 0. The van der Waals surface area contributed by atoms with Gasteiger partial charge >= 0.3 is 6.03 Å². The van der Waals surface area contributed by atoms with Gasteiger partial charge in [-0.15, -0.1) is 0 Å². The number of β-amino-alcohol motifs (C(OH)–C–C–N with tert-alkyl or cyclic N) is 1. The minimum atomic E-state index is -0.0395. The number of urea groups is 1. The van der Waals surface area contributed by atoms with Gasteiger partial charge in [0.1, 0.15) is 0 Å². The molecule has 1 aromatic carbocycles. The van der Waals surface area contributed by atoms with Crippen LogP contribution in [0.15, 0.2) is 18.2 Å². The molecule has 5 nitrogen and oxygen atoms in total. The molecular formula is C15H23N3O2. The summed E-state index contributed by atoms with van der Waals surface area (Å²) in [5.74, 6) is 0. The van der Waals surface area contributed by atoms with Crippen molar-refractivity contribution in [2.45, 2.75) is 13.8 Å². The lowest BCUT2D eigenvalue weighted by Gasteiger charge is -2.34. The topological polar surface area (TPSA) is 55.8 Å². The fourth-order valence-electron chi connectivity index (χ4n) is 2.38. The summed E-state index contributed by atoms with van der Waals surface area (Å²) in [6, 6.07) is 6.01. The first-order chi connectivity index (χ1) is 9.60. The number of hydrogen-bond donors (Lipinski definition) is 2. The molecule has 2 rings (SSSR count). The van der Waals surface area contributed by atoms with Crippen molar-refractivity contribution in [3.05, 3.63) is 29.3 Å². The molecule has 0 aliphatic carbocycles. The van der Waals surface area contributed by atoms with Gasteiger partial charge in [-0.1, -0.05) is 12.1 Å². The number of nitrogens with zero attached hydrogens (tertiary/aromatic N) is 2. The second-order valence-corrected chi connectivity index (χ2v) is 5.30. The van der Waals surface area contributed by atoms with Crippen LogP contribution in [0.5, 0.6) is 0 Å². The summed E-state index contributed by atoms with van der Waals surface area (Å²) >= 11 is 0. The van der Waals surface area contributed by atoms with Crippen molar-refractivity contribution in [1.29, 1.82) is 0 Å². The number of rotatable bonds is 3. The van der Waals surface area contributed by atoms with Gasteiger partial charge in [0.2, 0.25) is 0 Å². The summed E-state index contributed by atoms with van der Waals surface area (Å²) in [6.07, 6.45) is 0. The van der Waals surface area contributed by atoms with E-state index in [1.54, 1.807) is 0 Å². The molecule has 1 aliphatic heterocycles. The first-order valence-corrected chi connectivity index (χ1v) is 7.06. The van der Waals surface area contributed by atoms with E-state index in [-0.39, 0.29) is 12.6 Å². The van der Waals surface area contributed by atoms with Crippen molar-refractivity contribution in [1.82, 2.24) is 9.80 Å². The average Bonchev–Trinajstić information content (AvgIpc) is 2.44. The number of carbonyl (C=O) groups excluding carboxylic acids is 1. The highest BCUT2D eigenvalue weighted by atomic mass is 16.3. The molecule has 0 atom stereocenters. The maximum atomic E-state index is 12.2. The molecule has 2 N–H and O–H groups in total. The Balaban J connectivity index is 1.91. The monoisotopic (exact) mass is 277 g/mol. The van der Waals surface area contributed by atoms with Crippen molar-refractivity contribution < 1.29 is 9.90 Å². The molecular weight excluding hydrogens is 254 g/mol. The predicted octanol–water partition coefficient (Wildman–Crippen LogP) is 1.45. The van der Waals surface area contributed by atoms with Crippen LogP contribution in [0, 0.1) is 13.8 Å². The highest BCUT2D eigenvalue weighted by molar-refractivity contribution is 5.90. The van der Waals surface area contributed by atoms with Crippen LogP contribution in [0.3, 0.4) is 0 Å². The van der Waals surface area contributed by atoms with Gasteiger partial charge in [0, 0.05) is 38.4 Å². The van der Waals surface area contributed by atoms with Crippen LogP contribution >= 0.6 is 0 Å². The summed E-state index contributed by atoms with van der Waals surface area (Å²) in [4.78, 5) is 16.2. The summed E-state index contributed by atoms with van der Waals surface area (Å²) in [5.41, 5.74) is 3.09. The van der Waals surface area contributed by atoms with E-state index < -0.39 is 0 Å². The molecule has 0 bridgehead atoms. The third kappa shape index (κ3) is 3.71. The van der Waals surface area contributed by atoms with E-state index in [0.717, 1.165) is 29.9 Å². The molecule has 0 unspecified atom stereocenters. The van der Waals surface area contributed by atoms with Crippen LogP contribution in [0.25, 0.3) is 0 Å². The highest BCUT2D eigenvalue weighted by Gasteiger charge is 2.20. The Bertz CT molecular complexity index is 468. The van der Waals surface area contributed by atoms with Crippen LogP contribution in [0.1, 0.15) is 11.1 Å². The molecule has 20 heavy (non-hydrogen) atoms. The number of piperazine rings is 1. The van der Waals surface area contributed by atoms with E-state index in [1.165, 1.54) is 0 Å². The third-order valence-electron chi connectivity index (χ3n) is 3.71. The lowest BCUT2D eigenvalue weighted by atomic mass is 10.1. The highest BCUT2D eigenvalue weighted by Crippen LogP contribution is 2.17. The number of hydrogen-bond acceptors (Lipinski definition) is 3. The van der Waals surface area contributed by atoms with Gasteiger partial charge in [-0.2, -0.15) is 0 Å². The van der Waals surface area contributed by atoms with Crippen molar-refractivity contribution in [3.8, 4) is 0 Å². The van der Waals surface area contributed by atoms with E-state index >= 15 is 0 Å². The number of nitrogens with one attached hydrogen (secondary N) is 1. The largest absolute Gasteiger partial charge is 0.395 e. The second-order valence-electron chi connectivity index (χ2n) is 5.30. The van der Waals surface area contributed by atoms with Gasteiger partial charge in [-0.05, 0) is 31.0 Å². The van der Waals surface area contributed by atoms with E-state index in [1.807, 2.05) is 36.9 Å². The van der Waals surface area contributed by atoms with Crippen LogP contribution in [0.2, 0.25) is 0 Å². The quantitative estimate of drug-likeness (QED) is 0.879. The van der Waals surface area contributed by atoms with Gasteiger partial charge in [-0.25, -0.2) is 4.79 Å². The summed E-state index contributed by atoms with van der Waals surface area (Å²) in [5, 5.41) is 11.9. The number of amides is 2. The lowest BCUT2D eigenvalue weighted by molar-refractivity contribution is 0.127. The fourth-order valence-corrected chi connectivity index (χ4v) is 2.38. The van der Waals surface area contributed by atoms with E-state index in [9.17, 15) is 4.79 Å². The zero-order chi connectivity index (χ0) is 14.5. The normalized spacial score (nSPS) is 16.2. The molecule has 1 aromatic rings. The zero-order valence-corrected chi connectivity index (χ0v) is 12.2. The number of carbonyl (C=O) groups is 1. The van der Waals surface area contributed by atoms with Gasteiger partial charge < -0.3 is 15.3 Å². The molecule has 0 radical (unpaired) electrons. The number of aryl methyl sites for hydroxylation is 2. The molecule has 0 saturated carbocycles. The molecule has 0 spiro atoms. The van der Waals surface area contributed by atoms with Crippen molar-refractivity contribution in [2.75, 3.05) is 44.6 Å². The van der Waals surface area contributed by atoms with E-state index in [0.29, 0.717) is 19.6 Å². The zero-order valence-electron chi connectivity index (χ0n) is 12.2. The molecule has 1 heterocycles. The van der Waals surface area contributed by atoms with Gasteiger partial charge in [0.25, 0.3) is 0 Å². The Morgan fingerprint density at radius 2 is 1.95 bits per heavy atom. The molecule has 1 saturated heterocycles. The standard InChI is InChI=1S/C15H23N3O2/c1-12-3-4-13(2)14(11-12)16-15(20)18-7-5-17(6-8-18)9-10-19/h3-4,11,19H,5-10H2,1-2H3,(H,16,20). The summed E-state index contributed by atoms with van der Waals surface area (Å²) in [7, 11) is 0. The molecule has 0 aromatic heterocycles. The van der Waals surface area contributed by atoms with Gasteiger partial charge in [0.05, 0.1) is 6.61 Å². The first-order valence-electron chi connectivity index (χ1n) is 7.06. The molecule has 1 aliphatic rings. The smallest absolute Gasteiger partial charge is 0.321 e. The fraction of sp³-hybridized carbons (Fsp3) is 0.533. The maximum absolute atomic E-state index is 12.2. The Labute approximate surface area is 120 Å². The third-order valence-corrected chi connectivity index (χ3v) is 3.71. The van der Waals surface area contributed by atoms with Crippen molar-refractivity contribution >= 4 is 11.7 Å². The number of aliphatic hydroxyl groups excluding tert-OH is 1. The lowest BCUT2D eigenvalue weighted by Crippen LogP contribution is -2.50. The Kier molecular flexibility index (Phi) is 4.98. The van der Waals surface area contributed by atoms with Gasteiger partial charge in [-0.3, -0.25) is 4.90 Å². The average molecular weight is 277 g/mol. The summed E-state index contributed by atoms with van der Waals surface area (Å²) in [6.45, 7) is 7.92. The minimum absolute atomic E-state index is 0.0395. The first kappa shape index (κ1) is 14.8. The van der Waals surface area contributed by atoms with Crippen LogP contribution < -0.4 is 5.32 Å². The predicted molar refractivity (Wildman–Crippen MR) is 80.0 cm³/mol. The molecule has 2 amide bonds. The maximum Gasteiger partial charge on any atom is 0.321 e. The molecule has 1 fully saturated rings. The Morgan fingerprint density at radius 3 is 2.60 bits per heavy atom. The van der Waals surface area contributed by atoms with E-state index in [4.69, 9.17) is 5.11 Å². The van der Waals surface area contributed by atoms with Crippen molar-refractivity contribution in [2.24, 2.45) is 0 Å². The Morgan fingerprint density at radius 1 is 1.25 bits per heavy atom. The SMILES string of the molecule is Cc1ccc(C)c(NC(=O)N2CCN(CCO)CC2)c1. The van der Waals surface area contributed by atoms with Crippen LogP contribution in [0.4, 0.5) is 10.5 Å². The molecule has 5 heteroatoms. The van der Waals surface area contributed by atoms with Crippen molar-refractivity contribution in [3.63, 3.8) is 0 Å². The van der Waals surface area contributed by atoms with Crippen LogP contribution in [-0.4, -0.2) is 60.3 Å².